The van der Waals surface area contributed by atoms with Crippen LogP contribution in [0.2, 0.25) is 10.0 Å². The van der Waals surface area contributed by atoms with Crippen LogP contribution < -0.4 is 10.6 Å². The zero-order chi connectivity index (χ0) is 22.5. The van der Waals surface area contributed by atoms with Crippen LogP contribution in [0, 0.1) is 5.82 Å². The SMILES string of the molecule is O=C(/C=C/CN1CCCCC1)Nc1cc2c(Nc3ccc(F)c(Cl)c3)ncnc2cc1Cl. The van der Waals surface area contributed by atoms with Crippen molar-refractivity contribution >= 4 is 57.2 Å². The van der Waals surface area contributed by atoms with Crippen molar-refractivity contribution in [2.24, 2.45) is 0 Å². The van der Waals surface area contributed by atoms with E-state index in [2.05, 4.69) is 25.5 Å². The van der Waals surface area contributed by atoms with Gasteiger partial charge >= 0.3 is 0 Å². The Morgan fingerprint density at radius 2 is 1.91 bits per heavy atom. The minimum Gasteiger partial charge on any atom is -0.340 e. The van der Waals surface area contributed by atoms with Crippen molar-refractivity contribution in [3.05, 3.63) is 64.7 Å². The molecule has 2 heterocycles. The van der Waals surface area contributed by atoms with Gasteiger partial charge in [-0.15, -0.1) is 0 Å². The maximum atomic E-state index is 13.5. The molecule has 166 valence electrons. The number of carbonyl (C=O) groups is 1. The molecule has 6 nitrogen and oxygen atoms in total. The Balaban J connectivity index is 1.51. The van der Waals surface area contributed by atoms with Crippen LogP contribution in [0.4, 0.5) is 21.6 Å². The number of rotatable bonds is 6. The second-order valence-electron chi connectivity index (χ2n) is 7.58. The Morgan fingerprint density at radius 3 is 2.69 bits per heavy atom. The van der Waals surface area contributed by atoms with Crippen molar-refractivity contribution in [2.75, 3.05) is 30.3 Å². The molecule has 1 fully saturated rings. The largest absolute Gasteiger partial charge is 0.340 e. The molecule has 1 amide bonds. The molecule has 0 radical (unpaired) electrons. The van der Waals surface area contributed by atoms with Crippen molar-refractivity contribution in [1.29, 1.82) is 0 Å². The first kappa shape index (κ1) is 22.5. The van der Waals surface area contributed by atoms with Gasteiger partial charge in [-0.2, -0.15) is 0 Å². The molecule has 0 aliphatic carbocycles. The summed E-state index contributed by atoms with van der Waals surface area (Å²) in [6.07, 6.45) is 8.47. The van der Waals surface area contributed by atoms with E-state index in [-0.39, 0.29) is 10.9 Å². The average molecular weight is 474 g/mol. The van der Waals surface area contributed by atoms with Crippen LogP contribution in [0.1, 0.15) is 19.3 Å². The highest BCUT2D eigenvalue weighted by atomic mass is 35.5. The molecule has 4 rings (SSSR count). The number of hydrogen-bond acceptors (Lipinski definition) is 5. The van der Waals surface area contributed by atoms with Crippen LogP contribution in [0.25, 0.3) is 10.9 Å². The lowest BCUT2D eigenvalue weighted by atomic mass is 10.1. The van der Waals surface area contributed by atoms with Gasteiger partial charge in [-0.1, -0.05) is 35.7 Å². The molecule has 0 spiro atoms. The summed E-state index contributed by atoms with van der Waals surface area (Å²) in [6, 6.07) is 7.67. The van der Waals surface area contributed by atoms with Gasteiger partial charge in [-0.05, 0) is 56.3 Å². The Morgan fingerprint density at radius 1 is 1.09 bits per heavy atom. The van der Waals surface area contributed by atoms with Crippen molar-refractivity contribution in [1.82, 2.24) is 14.9 Å². The first-order valence-electron chi connectivity index (χ1n) is 10.4. The third-order valence-electron chi connectivity index (χ3n) is 5.25. The van der Waals surface area contributed by atoms with E-state index >= 15 is 0 Å². The summed E-state index contributed by atoms with van der Waals surface area (Å²) < 4.78 is 13.5. The molecule has 32 heavy (non-hydrogen) atoms. The van der Waals surface area contributed by atoms with Gasteiger partial charge in [0.15, 0.2) is 0 Å². The summed E-state index contributed by atoms with van der Waals surface area (Å²) in [7, 11) is 0. The van der Waals surface area contributed by atoms with Gasteiger partial charge in [-0.25, -0.2) is 14.4 Å². The highest BCUT2D eigenvalue weighted by molar-refractivity contribution is 6.34. The number of nitrogens with one attached hydrogen (secondary N) is 2. The molecule has 1 aliphatic rings. The molecule has 0 atom stereocenters. The summed E-state index contributed by atoms with van der Waals surface area (Å²) in [4.78, 5) is 23.3. The van der Waals surface area contributed by atoms with E-state index in [1.54, 1.807) is 18.2 Å². The van der Waals surface area contributed by atoms with Gasteiger partial charge in [0, 0.05) is 23.7 Å². The van der Waals surface area contributed by atoms with E-state index in [0.717, 1.165) is 19.6 Å². The molecule has 0 unspecified atom stereocenters. The summed E-state index contributed by atoms with van der Waals surface area (Å²) >= 11 is 12.2. The van der Waals surface area contributed by atoms with Crippen LogP contribution in [0.15, 0.2) is 48.8 Å². The zero-order valence-corrected chi connectivity index (χ0v) is 18.8. The Kier molecular flexibility index (Phi) is 7.19. The number of hydrogen-bond donors (Lipinski definition) is 2. The number of fused-ring (bicyclic) bond motifs is 1. The molecule has 0 bridgehead atoms. The third-order valence-corrected chi connectivity index (χ3v) is 5.85. The predicted octanol–water partition coefficient (Wildman–Crippen LogP) is 5.80. The minimum absolute atomic E-state index is 0.000647. The van der Waals surface area contributed by atoms with Crippen LogP contribution >= 0.6 is 23.2 Å². The lowest BCUT2D eigenvalue weighted by molar-refractivity contribution is -0.111. The second kappa shape index (κ2) is 10.3. The van der Waals surface area contributed by atoms with Gasteiger partial charge in [-0.3, -0.25) is 9.69 Å². The fraction of sp³-hybridized carbons (Fsp3) is 0.261. The molecule has 2 N–H and O–H groups in total. The highest BCUT2D eigenvalue weighted by Crippen LogP contribution is 2.32. The monoisotopic (exact) mass is 473 g/mol. The molecular weight excluding hydrogens is 452 g/mol. The number of amides is 1. The molecule has 0 saturated carbocycles. The van der Waals surface area contributed by atoms with Crippen LogP contribution in [0.3, 0.4) is 0 Å². The van der Waals surface area contributed by atoms with E-state index in [1.165, 1.54) is 43.8 Å². The Hall–Kier alpha value is -2.74. The topological polar surface area (TPSA) is 70.2 Å². The smallest absolute Gasteiger partial charge is 0.248 e. The maximum absolute atomic E-state index is 13.5. The fourth-order valence-corrected chi connectivity index (χ4v) is 3.99. The fourth-order valence-electron chi connectivity index (χ4n) is 3.61. The second-order valence-corrected chi connectivity index (χ2v) is 8.39. The van der Waals surface area contributed by atoms with Gasteiger partial charge in [0.1, 0.15) is 18.0 Å². The number of likely N-dealkylation sites (tertiary alicyclic amines) is 1. The van der Waals surface area contributed by atoms with Crippen LogP contribution in [0.5, 0.6) is 0 Å². The summed E-state index contributed by atoms with van der Waals surface area (Å²) in [5, 5.41) is 6.94. The van der Waals surface area contributed by atoms with E-state index in [1.807, 2.05) is 6.08 Å². The first-order chi connectivity index (χ1) is 15.5. The molecular formula is C23H22Cl2FN5O. The highest BCUT2D eigenvalue weighted by Gasteiger charge is 2.12. The van der Waals surface area contributed by atoms with Crippen molar-refractivity contribution in [3.8, 4) is 0 Å². The Bertz CT molecular complexity index is 1160. The van der Waals surface area contributed by atoms with Crippen molar-refractivity contribution < 1.29 is 9.18 Å². The number of halogens is 3. The number of nitrogens with zero attached hydrogens (tertiary/aromatic N) is 3. The van der Waals surface area contributed by atoms with Gasteiger partial charge in [0.25, 0.3) is 0 Å². The van der Waals surface area contributed by atoms with Crippen molar-refractivity contribution in [2.45, 2.75) is 19.3 Å². The normalized spacial score (nSPS) is 14.7. The number of anilines is 3. The molecule has 3 aromatic rings. The summed E-state index contributed by atoms with van der Waals surface area (Å²) in [5.41, 5.74) is 1.61. The van der Waals surface area contributed by atoms with Gasteiger partial charge in [0.2, 0.25) is 5.91 Å². The molecule has 1 aliphatic heterocycles. The van der Waals surface area contributed by atoms with Crippen LogP contribution in [-0.2, 0) is 4.79 Å². The lowest BCUT2D eigenvalue weighted by Crippen LogP contribution is -2.29. The number of piperidine rings is 1. The predicted molar refractivity (Wildman–Crippen MR) is 127 cm³/mol. The van der Waals surface area contributed by atoms with E-state index in [0.29, 0.717) is 33.1 Å². The first-order valence-corrected chi connectivity index (χ1v) is 11.1. The molecule has 1 saturated heterocycles. The Labute approximate surface area is 195 Å². The number of carbonyl (C=O) groups excluding carboxylic acids is 1. The average Bonchev–Trinajstić information content (AvgIpc) is 2.78. The van der Waals surface area contributed by atoms with Gasteiger partial charge < -0.3 is 10.6 Å². The van der Waals surface area contributed by atoms with E-state index in [4.69, 9.17) is 23.2 Å². The third kappa shape index (κ3) is 5.54. The van der Waals surface area contributed by atoms with E-state index in [9.17, 15) is 9.18 Å². The molecule has 9 heteroatoms. The lowest BCUT2D eigenvalue weighted by Gasteiger charge is -2.24. The zero-order valence-electron chi connectivity index (χ0n) is 17.2. The summed E-state index contributed by atoms with van der Waals surface area (Å²) in [5.74, 6) is -0.291. The number of benzene rings is 2. The quantitative estimate of drug-likeness (QED) is 0.442. The van der Waals surface area contributed by atoms with Crippen molar-refractivity contribution in [3.63, 3.8) is 0 Å². The maximum Gasteiger partial charge on any atom is 0.248 e. The van der Waals surface area contributed by atoms with Gasteiger partial charge in [0.05, 0.1) is 21.2 Å². The molecule has 2 aromatic carbocycles. The minimum atomic E-state index is -0.505. The summed E-state index contributed by atoms with van der Waals surface area (Å²) in [6.45, 7) is 2.88. The standard InChI is InChI=1S/C23H22Cl2FN5O/c24-17-11-15(6-7-19(17)26)29-23-16-12-21(18(25)13-20(16)27-14-28-23)30-22(32)5-4-10-31-8-2-1-3-9-31/h4-7,11-14H,1-3,8-10H2,(H,30,32)(H,27,28,29)/b5-4+. The van der Waals surface area contributed by atoms with E-state index < -0.39 is 5.82 Å². The van der Waals surface area contributed by atoms with Crippen LogP contribution in [-0.4, -0.2) is 40.4 Å². The number of aromatic nitrogens is 2. The molecule has 1 aromatic heterocycles.